The Balaban J connectivity index is 2.47. The first-order valence-corrected chi connectivity index (χ1v) is 8.32. The molecule has 1 amide bonds. The second kappa shape index (κ2) is 6.02. The second-order valence-corrected chi connectivity index (χ2v) is 8.56. The number of hydrogen-bond donors (Lipinski definition) is 2. The zero-order chi connectivity index (χ0) is 14.7. The smallest absolute Gasteiger partial charge is 0.247 e. The third kappa shape index (κ3) is 6.17. The van der Waals surface area contributed by atoms with Crippen LogP contribution in [0.1, 0.15) is 32.1 Å². The van der Waals surface area contributed by atoms with E-state index in [4.69, 9.17) is 5.14 Å². The number of nitrogens with one attached hydrogen (secondary N) is 1. The van der Waals surface area contributed by atoms with Gasteiger partial charge in [0.1, 0.15) is 4.21 Å². The van der Waals surface area contributed by atoms with E-state index in [0.29, 0.717) is 11.4 Å². The fourth-order valence-electron chi connectivity index (χ4n) is 1.40. The monoisotopic (exact) mass is 304 g/mol. The third-order valence-electron chi connectivity index (χ3n) is 2.45. The van der Waals surface area contributed by atoms with E-state index in [9.17, 15) is 13.2 Å². The minimum Gasteiger partial charge on any atom is -0.356 e. The summed E-state index contributed by atoms with van der Waals surface area (Å²) in [5.74, 6) is -0.105. The number of rotatable bonds is 5. The highest BCUT2D eigenvalue weighted by Crippen LogP contribution is 2.21. The molecule has 0 aliphatic heterocycles. The van der Waals surface area contributed by atoms with Crippen molar-refractivity contribution in [2.45, 2.75) is 37.8 Å². The van der Waals surface area contributed by atoms with Gasteiger partial charge in [0.25, 0.3) is 0 Å². The first-order valence-electron chi connectivity index (χ1n) is 5.96. The number of amides is 1. The molecule has 7 heteroatoms. The van der Waals surface area contributed by atoms with Gasteiger partial charge in [-0.3, -0.25) is 4.79 Å². The summed E-state index contributed by atoms with van der Waals surface area (Å²) >= 11 is 1.03. The molecule has 1 aromatic rings. The van der Waals surface area contributed by atoms with Crippen LogP contribution in [0.4, 0.5) is 0 Å². The second-order valence-electron chi connectivity index (χ2n) is 5.60. The summed E-state index contributed by atoms with van der Waals surface area (Å²) in [5.41, 5.74) is 0.178. The van der Waals surface area contributed by atoms with Crippen LogP contribution < -0.4 is 10.5 Å². The maximum absolute atomic E-state index is 11.7. The van der Waals surface area contributed by atoms with Gasteiger partial charge in [-0.25, -0.2) is 13.6 Å². The van der Waals surface area contributed by atoms with Gasteiger partial charge in [-0.15, -0.1) is 11.3 Å². The van der Waals surface area contributed by atoms with Gasteiger partial charge in [0.2, 0.25) is 15.9 Å². The molecule has 1 aromatic heterocycles. The molecule has 0 atom stereocenters. The highest BCUT2D eigenvalue weighted by Gasteiger charge is 2.14. The van der Waals surface area contributed by atoms with E-state index in [1.54, 1.807) is 6.07 Å². The summed E-state index contributed by atoms with van der Waals surface area (Å²) in [6.07, 6.45) is 1.08. The minimum atomic E-state index is -3.67. The number of thiophene rings is 1. The van der Waals surface area contributed by atoms with Crippen molar-refractivity contribution >= 4 is 27.3 Å². The summed E-state index contributed by atoms with van der Waals surface area (Å²) in [7, 11) is -3.67. The van der Waals surface area contributed by atoms with Gasteiger partial charge >= 0.3 is 0 Å². The normalized spacial score (nSPS) is 12.4. The summed E-state index contributed by atoms with van der Waals surface area (Å²) < 4.78 is 22.3. The Morgan fingerprint density at radius 2 is 2.00 bits per heavy atom. The van der Waals surface area contributed by atoms with Crippen molar-refractivity contribution in [1.29, 1.82) is 0 Å². The largest absolute Gasteiger partial charge is 0.356 e. The van der Waals surface area contributed by atoms with Gasteiger partial charge in [0, 0.05) is 11.4 Å². The Kier molecular flexibility index (Phi) is 5.11. The van der Waals surface area contributed by atoms with Crippen molar-refractivity contribution in [2.75, 3.05) is 6.54 Å². The Morgan fingerprint density at radius 1 is 1.37 bits per heavy atom. The lowest BCUT2D eigenvalue weighted by molar-refractivity contribution is -0.120. The van der Waals surface area contributed by atoms with E-state index in [-0.39, 0.29) is 22.0 Å². The Bertz CT molecular complexity index is 542. The molecular weight excluding hydrogens is 284 g/mol. The van der Waals surface area contributed by atoms with Crippen molar-refractivity contribution < 1.29 is 13.2 Å². The number of sulfonamides is 1. The van der Waals surface area contributed by atoms with E-state index in [1.165, 1.54) is 6.07 Å². The van der Waals surface area contributed by atoms with E-state index < -0.39 is 10.0 Å². The minimum absolute atomic E-state index is 0.0880. The first-order chi connectivity index (χ1) is 8.58. The molecule has 1 heterocycles. The van der Waals surface area contributed by atoms with E-state index in [2.05, 4.69) is 26.1 Å². The van der Waals surface area contributed by atoms with Crippen LogP contribution in [0, 0.1) is 5.41 Å². The summed E-state index contributed by atoms with van der Waals surface area (Å²) in [6.45, 7) is 6.94. The molecule has 0 unspecified atom stereocenters. The maximum Gasteiger partial charge on any atom is 0.247 e. The molecule has 3 N–H and O–H groups in total. The fraction of sp³-hybridized carbons (Fsp3) is 0.583. The number of carbonyl (C=O) groups is 1. The average molecular weight is 304 g/mol. The number of nitrogens with two attached hydrogens (primary N) is 1. The molecule has 0 fully saturated rings. The maximum atomic E-state index is 11.7. The molecular formula is C12H20N2O3S2. The van der Waals surface area contributed by atoms with Crippen LogP contribution in [0.2, 0.25) is 0 Å². The first kappa shape index (κ1) is 16.1. The van der Waals surface area contributed by atoms with Crippen molar-refractivity contribution in [2.24, 2.45) is 10.6 Å². The van der Waals surface area contributed by atoms with Crippen LogP contribution in [0.5, 0.6) is 0 Å². The van der Waals surface area contributed by atoms with Crippen LogP contribution in [0.3, 0.4) is 0 Å². The molecule has 1 rings (SSSR count). The highest BCUT2D eigenvalue weighted by atomic mass is 32.2. The topological polar surface area (TPSA) is 89.3 Å². The number of primary sulfonamides is 1. The number of hydrogen-bond acceptors (Lipinski definition) is 4. The van der Waals surface area contributed by atoms with Gasteiger partial charge in [0.05, 0.1) is 6.42 Å². The molecule has 0 saturated carbocycles. The summed E-state index contributed by atoms with van der Waals surface area (Å²) in [6, 6.07) is 3.05. The molecule has 0 aliphatic carbocycles. The molecule has 0 aliphatic rings. The highest BCUT2D eigenvalue weighted by molar-refractivity contribution is 7.91. The lowest BCUT2D eigenvalue weighted by Gasteiger charge is -2.17. The van der Waals surface area contributed by atoms with E-state index in [1.807, 2.05) is 0 Å². The van der Waals surface area contributed by atoms with Crippen LogP contribution in [0.15, 0.2) is 16.3 Å². The SMILES string of the molecule is CC(C)(C)CCNC(=O)Cc1ccc(S(N)(=O)=O)s1. The molecule has 5 nitrogen and oxygen atoms in total. The predicted octanol–water partition coefficient (Wildman–Crippen LogP) is 1.49. The van der Waals surface area contributed by atoms with Gasteiger partial charge in [-0.05, 0) is 24.0 Å². The molecule has 0 aromatic carbocycles. The summed E-state index contributed by atoms with van der Waals surface area (Å²) in [5, 5.41) is 7.83. The predicted molar refractivity (Wildman–Crippen MR) is 76.5 cm³/mol. The van der Waals surface area contributed by atoms with Crippen LogP contribution in [-0.2, 0) is 21.2 Å². The molecule has 108 valence electrons. The van der Waals surface area contributed by atoms with Gasteiger partial charge in [-0.2, -0.15) is 0 Å². The molecule has 0 saturated heterocycles. The molecule has 0 spiro atoms. The number of carbonyl (C=O) groups excluding carboxylic acids is 1. The van der Waals surface area contributed by atoms with Crippen molar-refractivity contribution in [1.82, 2.24) is 5.32 Å². The molecule has 0 radical (unpaired) electrons. The average Bonchev–Trinajstić information content (AvgIpc) is 2.63. The fourth-order valence-corrected chi connectivity index (χ4v) is 3.18. The van der Waals surface area contributed by atoms with Gasteiger partial charge in [0.15, 0.2) is 0 Å². The summed E-state index contributed by atoms with van der Waals surface area (Å²) in [4.78, 5) is 12.4. The zero-order valence-corrected chi connectivity index (χ0v) is 13.0. The zero-order valence-electron chi connectivity index (χ0n) is 11.4. The quantitative estimate of drug-likeness (QED) is 0.863. The van der Waals surface area contributed by atoms with Crippen LogP contribution in [0.25, 0.3) is 0 Å². The van der Waals surface area contributed by atoms with Crippen molar-refractivity contribution in [3.05, 3.63) is 17.0 Å². The van der Waals surface area contributed by atoms with E-state index >= 15 is 0 Å². The van der Waals surface area contributed by atoms with Crippen molar-refractivity contribution in [3.8, 4) is 0 Å². The molecule has 19 heavy (non-hydrogen) atoms. The Morgan fingerprint density at radius 3 is 2.47 bits per heavy atom. The van der Waals surface area contributed by atoms with Crippen LogP contribution >= 0.6 is 11.3 Å². The molecule has 0 bridgehead atoms. The standard InChI is InChI=1S/C12H20N2O3S2/c1-12(2,3)6-7-14-10(15)8-9-4-5-11(18-9)19(13,16)17/h4-5H,6-8H2,1-3H3,(H,14,15)(H2,13,16,17). The van der Waals surface area contributed by atoms with Gasteiger partial charge in [-0.1, -0.05) is 20.8 Å². The van der Waals surface area contributed by atoms with Crippen molar-refractivity contribution in [3.63, 3.8) is 0 Å². The lowest BCUT2D eigenvalue weighted by Crippen LogP contribution is -2.28. The van der Waals surface area contributed by atoms with Gasteiger partial charge < -0.3 is 5.32 Å². The van der Waals surface area contributed by atoms with Crippen LogP contribution in [-0.4, -0.2) is 20.9 Å². The van der Waals surface area contributed by atoms with E-state index in [0.717, 1.165) is 17.8 Å². The Hall–Kier alpha value is -0.920. The third-order valence-corrected chi connectivity index (χ3v) is 4.97. The Labute approximate surface area is 118 Å². The lowest BCUT2D eigenvalue weighted by atomic mass is 9.92.